The van der Waals surface area contributed by atoms with E-state index in [1.54, 1.807) is 0 Å². The number of aromatic nitrogens is 4. The first-order valence-electron chi connectivity index (χ1n) is 34.4. The summed E-state index contributed by atoms with van der Waals surface area (Å²) in [6, 6.07) is 69.1. The Kier molecular flexibility index (Phi) is 13.4. The van der Waals surface area contributed by atoms with Crippen molar-refractivity contribution in [3.63, 3.8) is 0 Å². The molecular weight excluding hydrogens is 1100 g/mol. The molecule has 9 aromatic carbocycles. The minimum atomic E-state index is -0.0885. The van der Waals surface area contributed by atoms with E-state index >= 15 is 0 Å². The van der Waals surface area contributed by atoms with E-state index in [1.165, 1.54) is 191 Å². The highest BCUT2D eigenvalue weighted by Gasteiger charge is 2.43. The van der Waals surface area contributed by atoms with E-state index in [0.717, 1.165) is 33.9 Å². The third kappa shape index (κ3) is 9.67. The number of fused-ring (bicyclic) bond motifs is 10. The molecule has 2 aliphatic carbocycles. The van der Waals surface area contributed by atoms with E-state index in [1.807, 2.05) is 0 Å². The maximum Gasteiger partial charge on any atom is 0.252 e. The molecule has 16 rings (SSSR count). The number of hydrogen-bond donors (Lipinski definition) is 0. The second-order valence-electron chi connectivity index (χ2n) is 31.9. The molecule has 4 nitrogen and oxygen atoms in total. The van der Waals surface area contributed by atoms with Crippen molar-refractivity contribution in [1.82, 2.24) is 19.1 Å². The Bertz CT molecular complexity index is 4550. The van der Waals surface area contributed by atoms with Crippen molar-refractivity contribution in [3.8, 4) is 67.5 Å². The van der Waals surface area contributed by atoms with E-state index < -0.39 is 0 Å². The van der Waals surface area contributed by atoms with Gasteiger partial charge < -0.3 is 9.13 Å². The van der Waals surface area contributed by atoms with Gasteiger partial charge in [-0.3, -0.25) is 0 Å². The normalized spacial score (nSPS) is 15.6. The van der Waals surface area contributed by atoms with E-state index in [2.05, 4.69) is 268 Å². The van der Waals surface area contributed by atoms with Crippen LogP contribution in [0.5, 0.6) is 0 Å². The molecule has 454 valence electrons. The molecule has 0 saturated heterocycles. The quantitative estimate of drug-likeness (QED) is 0.149. The highest BCUT2D eigenvalue weighted by atomic mass is 15.0. The summed E-state index contributed by atoms with van der Waals surface area (Å²) in [5.74, 6) is 1.74. The molecule has 0 amide bonds. The molecule has 2 saturated carbocycles. The Morgan fingerprint density at radius 2 is 0.736 bits per heavy atom. The zero-order chi connectivity index (χ0) is 62.6. The number of rotatable bonds is 7. The molecule has 12 aromatic rings. The van der Waals surface area contributed by atoms with Gasteiger partial charge in [-0.05, 0) is 198 Å². The summed E-state index contributed by atoms with van der Waals surface area (Å²) < 4.78 is 5.43. The van der Waals surface area contributed by atoms with Crippen LogP contribution in [0.1, 0.15) is 193 Å². The van der Waals surface area contributed by atoms with Gasteiger partial charge in [-0.15, -0.1) is 0 Å². The molecule has 2 aliphatic heterocycles. The lowest BCUT2D eigenvalue weighted by Gasteiger charge is -2.35. The summed E-state index contributed by atoms with van der Waals surface area (Å²) in [6.45, 7) is 28.1. The van der Waals surface area contributed by atoms with Crippen LogP contribution in [-0.4, -0.2) is 25.8 Å². The van der Waals surface area contributed by atoms with Crippen LogP contribution in [0, 0.1) is 0 Å². The standard InChI is InChI=1S/C86H87BN4/c1-83(2,3)61-41-58(42-62(49-61)84(4,5)6)71-51-72(59-43-63(85(7,8)9)50-64(44-59)86(10,11)12)89-82(88-71)60-47-75-79-76(48-60)91-74-40-34-57(53-27-19-14-20-28-53)46-68(74)78-66(55-31-23-16-24-32-55)36-38-70(81(78)91)87(79)69-37-35-65(54-29-21-15-22-30-54)77-67-45-56(52-25-17-13-18-26-52)33-39-73(67)90(75)80(69)77/h13-14,17-20,25-28,33-51,54-55H,15-16,21-24,29-32H2,1-12H3. The van der Waals surface area contributed by atoms with E-state index in [9.17, 15) is 0 Å². The number of benzene rings is 9. The Labute approximate surface area is 540 Å². The van der Waals surface area contributed by atoms with E-state index in [0.29, 0.717) is 11.8 Å². The van der Waals surface area contributed by atoms with Crippen molar-refractivity contribution in [2.75, 3.05) is 0 Å². The maximum atomic E-state index is 5.95. The average Bonchev–Trinajstić information content (AvgIpc) is 1.56. The van der Waals surface area contributed by atoms with Crippen LogP contribution in [0.15, 0.2) is 176 Å². The zero-order valence-corrected chi connectivity index (χ0v) is 55.8. The molecule has 0 radical (unpaired) electrons. The van der Waals surface area contributed by atoms with Crippen molar-refractivity contribution < 1.29 is 0 Å². The molecule has 0 atom stereocenters. The molecule has 5 heterocycles. The third-order valence-corrected chi connectivity index (χ3v) is 21.7. The van der Waals surface area contributed by atoms with Gasteiger partial charge in [0.25, 0.3) is 6.71 Å². The van der Waals surface area contributed by atoms with Crippen LogP contribution in [0.4, 0.5) is 0 Å². The van der Waals surface area contributed by atoms with Crippen molar-refractivity contribution in [2.45, 2.75) is 181 Å². The van der Waals surface area contributed by atoms with Gasteiger partial charge in [-0.1, -0.05) is 231 Å². The lowest BCUT2D eigenvalue weighted by atomic mass is 9.34. The first-order valence-corrected chi connectivity index (χ1v) is 34.4. The van der Waals surface area contributed by atoms with Crippen LogP contribution in [0.3, 0.4) is 0 Å². The molecule has 91 heavy (non-hydrogen) atoms. The largest absolute Gasteiger partial charge is 0.310 e. The number of nitrogens with zero attached hydrogens (tertiary/aromatic N) is 4. The van der Waals surface area contributed by atoms with Crippen LogP contribution < -0.4 is 16.4 Å². The van der Waals surface area contributed by atoms with Gasteiger partial charge in [-0.2, -0.15) is 0 Å². The van der Waals surface area contributed by atoms with Crippen molar-refractivity contribution in [1.29, 1.82) is 0 Å². The van der Waals surface area contributed by atoms with E-state index in [-0.39, 0.29) is 28.4 Å². The minimum Gasteiger partial charge on any atom is -0.310 e. The van der Waals surface area contributed by atoms with Gasteiger partial charge in [0.05, 0.1) is 22.4 Å². The smallest absolute Gasteiger partial charge is 0.252 e. The average molecular weight is 1190 g/mol. The topological polar surface area (TPSA) is 35.6 Å². The molecule has 0 bridgehead atoms. The van der Waals surface area contributed by atoms with Gasteiger partial charge in [0.1, 0.15) is 0 Å². The van der Waals surface area contributed by atoms with Crippen LogP contribution in [-0.2, 0) is 21.7 Å². The molecular formula is C86H87BN4. The van der Waals surface area contributed by atoms with Crippen LogP contribution >= 0.6 is 0 Å². The molecule has 3 aromatic heterocycles. The van der Waals surface area contributed by atoms with Gasteiger partial charge in [0.15, 0.2) is 5.82 Å². The summed E-state index contributed by atoms with van der Waals surface area (Å²) in [5, 5.41) is 5.56. The zero-order valence-electron chi connectivity index (χ0n) is 55.8. The monoisotopic (exact) mass is 1190 g/mol. The van der Waals surface area contributed by atoms with Crippen LogP contribution in [0.2, 0.25) is 0 Å². The summed E-state index contributed by atoms with van der Waals surface area (Å²) >= 11 is 0. The van der Waals surface area contributed by atoms with Gasteiger partial charge >= 0.3 is 0 Å². The highest BCUT2D eigenvalue weighted by Crippen LogP contribution is 2.49. The second kappa shape index (κ2) is 21.1. The first kappa shape index (κ1) is 57.9. The summed E-state index contributed by atoms with van der Waals surface area (Å²) in [5.41, 5.74) is 29.9. The molecule has 0 unspecified atom stereocenters. The molecule has 2 fully saturated rings. The minimum absolute atomic E-state index is 0.0181. The molecule has 0 N–H and O–H groups in total. The molecule has 5 heteroatoms. The molecule has 4 aliphatic rings. The Balaban J connectivity index is 1.06. The Morgan fingerprint density at radius 1 is 0.352 bits per heavy atom. The van der Waals surface area contributed by atoms with Gasteiger partial charge in [0.2, 0.25) is 0 Å². The van der Waals surface area contributed by atoms with Crippen molar-refractivity contribution in [2.24, 2.45) is 0 Å². The van der Waals surface area contributed by atoms with Gasteiger partial charge in [-0.25, -0.2) is 9.97 Å². The first-order chi connectivity index (χ1) is 43.6. The Hall–Kier alpha value is -8.28. The van der Waals surface area contributed by atoms with Crippen molar-refractivity contribution in [3.05, 3.63) is 209 Å². The SMILES string of the molecule is CC(C)(C)c1cc(-c2cc(-c3cc(C(C)(C)C)cc(C(C)(C)C)c3)nc(-c3cc4c5c(c3)-n3c6ccc(-c7ccccc7)cc6c6c(C7CCCCC7)ccc(c63)B5c3ccc(C5CCCCC5)c5c6cc(-c7ccccc7)ccc6n-4c35)n2)cc(C(C)(C)C)c1. The second-order valence-corrected chi connectivity index (χ2v) is 31.9. The summed E-state index contributed by atoms with van der Waals surface area (Å²) in [4.78, 5) is 11.9. The highest BCUT2D eigenvalue weighted by molar-refractivity contribution is 7.00. The summed E-state index contributed by atoms with van der Waals surface area (Å²) in [6.07, 6.45) is 12.6. The fourth-order valence-electron chi connectivity index (χ4n) is 16.5. The van der Waals surface area contributed by atoms with Crippen molar-refractivity contribution >= 4 is 66.7 Å². The number of hydrogen-bond acceptors (Lipinski definition) is 2. The fraction of sp³-hybridized carbons (Fsp3) is 0.326. The van der Waals surface area contributed by atoms with Crippen LogP contribution in [0.25, 0.3) is 111 Å². The fourth-order valence-corrected chi connectivity index (χ4v) is 16.5. The van der Waals surface area contributed by atoms with E-state index in [4.69, 9.17) is 9.97 Å². The predicted octanol–water partition coefficient (Wildman–Crippen LogP) is 21.4. The predicted molar refractivity (Wildman–Crippen MR) is 389 cm³/mol. The lowest BCUT2D eigenvalue weighted by molar-refractivity contribution is 0.445. The lowest BCUT2D eigenvalue weighted by Crippen LogP contribution is -2.59. The third-order valence-electron chi connectivity index (χ3n) is 21.7. The molecule has 0 spiro atoms. The maximum absolute atomic E-state index is 5.95. The van der Waals surface area contributed by atoms with Gasteiger partial charge in [0, 0.05) is 60.6 Å². The summed E-state index contributed by atoms with van der Waals surface area (Å²) in [7, 11) is 0. The Morgan fingerprint density at radius 3 is 1.11 bits per heavy atom.